The Morgan fingerprint density at radius 2 is 1.37 bits per heavy atom. The van der Waals surface area contributed by atoms with E-state index < -0.39 is 0 Å². The van der Waals surface area contributed by atoms with Crippen LogP contribution in [0.5, 0.6) is 28.7 Å². The van der Waals surface area contributed by atoms with Crippen molar-refractivity contribution in [2.45, 2.75) is 6.92 Å². The Labute approximate surface area is 158 Å². The van der Waals surface area contributed by atoms with Crippen LogP contribution in [0.1, 0.15) is 5.69 Å². The Kier molecular flexibility index (Phi) is 5.16. The molecule has 2 aromatic carbocycles. The van der Waals surface area contributed by atoms with Crippen LogP contribution >= 0.6 is 0 Å². The minimum atomic E-state index is 0.0824. The van der Waals surface area contributed by atoms with E-state index in [1.54, 1.807) is 33.5 Å². The lowest BCUT2D eigenvalue weighted by molar-refractivity contribution is 0.324. The van der Waals surface area contributed by atoms with Gasteiger partial charge in [-0.25, -0.2) is 0 Å². The highest BCUT2D eigenvalue weighted by atomic mass is 16.5. The molecule has 0 saturated heterocycles. The third kappa shape index (κ3) is 3.26. The molecule has 142 valence electrons. The first kappa shape index (κ1) is 18.5. The highest BCUT2D eigenvalue weighted by Crippen LogP contribution is 2.42. The van der Waals surface area contributed by atoms with Gasteiger partial charge in [-0.2, -0.15) is 0 Å². The Morgan fingerprint density at radius 1 is 0.741 bits per heavy atom. The molecular weight excluding hydrogens is 346 g/mol. The molecule has 0 radical (unpaired) electrons. The summed E-state index contributed by atoms with van der Waals surface area (Å²) in [6, 6.07) is 13.1. The number of aromatic hydroxyl groups is 1. The molecule has 0 saturated carbocycles. The molecule has 0 aliphatic heterocycles. The molecule has 6 heteroatoms. The molecule has 0 amide bonds. The topological polar surface area (TPSA) is 62.1 Å². The van der Waals surface area contributed by atoms with Gasteiger partial charge in [-0.1, -0.05) is 0 Å². The summed E-state index contributed by atoms with van der Waals surface area (Å²) in [5.41, 5.74) is 3.66. The smallest absolute Gasteiger partial charge is 0.203 e. The largest absolute Gasteiger partial charge is 0.504 e. The maximum absolute atomic E-state index is 10.2. The maximum Gasteiger partial charge on any atom is 0.203 e. The van der Waals surface area contributed by atoms with Gasteiger partial charge < -0.3 is 28.6 Å². The van der Waals surface area contributed by atoms with E-state index in [9.17, 15) is 5.11 Å². The number of aromatic nitrogens is 1. The Balaban J connectivity index is 2.19. The first-order chi connectivity index (χ1) is 13.0. The van der Waals surface area contributed by atoms with Crippen molar-refractivity contribution in [3.05, 3.63) is 48.2 Å². The molecule has 1 aromatic heterocycles. The second-order valence-corrected chi connectivity index (χ2v) is 5.97. The van der Waals surface area contributed by atoms with Gasteiger partial charge in [0.05, 0.1) is 34.1 Å². The molecule has 6 nitrogen and oxygen atoms in total. The number of rotatable bonds is 6. The van der Waals surface area contributed by atoms with Crippen molar-refractivity contribution < 1.29 is 24.1 Å². The van der Waals surface area contributed by atoms with Gasteiger partial charge >= 0.3 is 0 Å². The number of phenols is 1. The predicted octanol–water partition coefficient (Wildman–Crippen LogP) is 4.19. The average molecular weight is 369 g/mol. The second kappa shape index (κ2) is 7.53. The number of hydrogen-bond donors (Lipinski definition) is 1. The number of aryl methyl sites for hydroxylation is 1. The lowest BCUT2D eigenvalue weighted by atomic mass is 10.1. The standard InChI is InChI=1S/C21H23NO5/c1-13-6-8-16(22(13)15-7-9-18(24-2)17(23)12-15)14-10-19(25-3)21(27-5)20(11-14)26-4/h6-12,23H,1-5H3. The maximum atomic E-state index is 10.2. The fraction of sp³-hybridized carbons (Fsp3) is 0.238. The quantitative estimate of drug-likeness (QED) is 0.706. The molecule has 27 heavy (non-hydrogen) atoms. The summed E-state index contributed by atoms with van der Waals surface area (Å²) in [5.74, 6) is 2.21. The van der Waals surface area contributed by atoms with Gasteiger partial charge in [0, 0.05) is 23.0 Å². The SMILES string of the molecule is COc1ccc(-n2c(C)ccc2-c2cc(OC)c(OC)c(OC)c2)cc1O. The van der Waals surface area contributed by atoms with E-state index >= 15 is 0 Å². The highest BCUT2D eigenvalue weighted by Gasteiger charge is 2.17. The van der Waals surface area contributed by atoms with Gasteiger partial charge in [-0.15, -0.1) is 0 Å². The van der Waals surface area contributed by atoms with Gasteiger partial charge in [-0.3, -0.25) is 0 Å². The van der Waals surface area contributed by atoms with Crippen molar-refractivity contribution in [1.82, 2.24) is 4.57 Å². The first-order valence-electron chi connectivity index (χ1n) is 8.40. The second-order valence-electron chi connectivity index (χ2n) is 5.97. The fourth-order valence-corrected chi connectivity index (χ4v) is 3.15. The number of nitrogens with zero attached hydrogens (tertiary/aromatic N) is 1. The average Bonchev–Trinajstić information content (AvgIpc) is 3.08. The van der Waals surface area contributed by atoms with Crippen LogP contribution in [0.25, 0.3) is 16.9 Å². The summed E-state index contributed by atoms with van der Waals surface area (Å²) < 4.78 is 23.5. The van der Waals surface area contributed by atoms with E-state index in [0.29, 0.717) is 23.0 Å². The van der Waals surface area contributed by atoms with Crippen molar-refractivity contribution >= 4 is 0 Å². The van der Waals surface area contributed by atoms with Crippen molar-refractivity contribution in [2.24, 2.45) is 0 Å². The monoisotopic (exact) mass is 369 g/mol. The summed E-state index contributed by atoms with van der Waals surface area (Å²) in [6.07, 6.45) is 0. The van der Waals surface area contributed by atoms with E-state index in [2.05, 4.69) is 0 Å². The summed E-state index contributed by atoms with van der Waals surface area (Å²) in [7, 11) is 6.28. The molecular formula is C21H23NO5. The summed E-state index contributed by atoms with van der Waals surface area (Å²) in [5, 5.41) is 10.2. The van der Waals surface area contributed by atoms with E-state index in [1.165, 1.54) is 7.11 Å². The highest BCUT2D eigenvalue weighted by molar-refractivity contribution is 5.71. The molecule has 0 spiro atoms. The number of benzene rings is 2. The molecule has 0 aliphatic rings. The van der Waals surface area contributed by atoms with Gasteiger partial charge in [0.2, 0.25) is 5.75 Å². The minimum absolute atomic E-state index is 0.0824. The predicted molar refractivity (Wildman–Crippen MR) is 104 cm³/mol. The van der Waals surface area contributed by atoms with Crippen molar-refractivity contribution in [2.75, 3.05) is 28.4 Å². The fourth-order valence-electron chi connectivity index (χ4n) is 3.15. The van der Waals surface area contributed by atoms with Crippen molar-refractivity contribution in [3.8, 4) is 45.7 Å². The lowest BCUT2D eigenvalue weighted by Crippen LogP contribution is -2.01. The molecule has 0 fully saturated rings. The summed E-state index contributed by atoms with van der Waals surface area (Å²) in [6.45, 7) is 2.00. The molecule has 0 bridgehead atoms. The molecule has 0 unspecified atom stereocenters. The van der Waals surface area contributed by atoms with Crippen LogP contribution in [0, 0.1) is 6.92 Å². The van der Waals surface area contributed by atoms with E-state index in [4.69, 9.17) is 18.9 Å². The van der Waals surface area contributed by atoms with Crippen LogP contribution in [-0.4, -0.2) is 38.1 Å². The normalized spacial score (nSPS) is 10.6. The molecule has 1 N–H and O–H groups in total. The van der Waals surface area contributed by atoms with Gasteiger partial charge in [0.1, 0.15) is 0 Å². The number of ether oxygens (including phenoxy) is 4. The van der Waals surface area contributed by atoms with Crippen LogP contribution in [0.4, 0.5) is 0 Å². The summed E-state index contributed by atoms with van der Waals surface area (Å²) in [4.78, 5) is 0. The Bertz CT molecular complexity index is 936. The van der Waals surface area contributed by atoms with Gasteiger partial charge in [-0.05, 0) is 43.3 Å². The first-order valence-corrected chi connectivity index (χ1v) is 8.40. The third-order valence-electron chi connectivity index (χ3n) is 4.46. The zero-order chi connectivity index (χ0) is 19.6. The molecule has 3 aromatic rings. The van der Waals surface area contributed by atoms with Crippen LogP contribution in [0.3, 0.4) is 0 Å². The number of hydrogen-bond acceptors (Lipinski definition) is 5. The van der Waals surface area contributed by atoms with Crippen molar-refractivity contribution in [1.29, 1.82) is 0 Å². The molecule has 0 aliphatic carbocycles. The van der Waals surface area contributed by atoms with Crippen molar-refractivity contribution in [3.63, 3.8) is 0 Å². The molecule has 0 atom stereocenters. The summed E-state index contributed by atoms with van der Waals surface area (Å²) >= 11 is 0. The van der Waals surface area contributed by atoms with Gasteiger partial charge in [0.25, 0.3) is 0 Å². The molecule has 3 rings (SSSR count). The number of phenolic OH excluding ortho intramolecular Hbond substituents is 1. The lowest BCUT2D eigenvalue weighted by Gasteiger charge is -2.17. The van der Waals surface area contributed by atoms with Crippen LogP contribution in [0.15, 0.2) is 42.5 Å². The van der Waals surface area contributed by atoms with E-state index in [1.807, 2.05) is 41.8 Å². The van der Waals surface area contributed by atoms with E-state index in [0.717, 1.165) is 22.6 Å². The number of methoxy groups -OCH3 is 4. The Hall–Kier alpha value is -3.28. The van der Waals surface area contributed by atoms with Crippen LogP contribution in [-0.2, 0) is 0 Å². The van der Waals surface area contributed by atoms with E-state index in [-0.39, 0.29) is 5.75 Å². The molecule has 1 heterocycles. The Morgan fingerprint density at radius 3 is 1.89 bits per heavy atom. The van der Waals surface area contributed by atoms with Gasteiger partial charge in [0.15, 0.2) is 23.0 Å². The minimum Gasteiger partial charge on any atom is -0.504 e. The zero-order valence-electron chi connectivity index (χ0n) is 16.1. The zero-order valence-corrected chi connectivity index (χ0v) is 16.1. The van der Waals surface area contributed by atoms with Crippen LogP contribution < -0.4 is 18.9 Å². The third-order valence-corrected chi connectivity index (χ3v) is 4.46. The van der Waals surface area contributed by atoms with Crippen LogP contribution in [0.2, 0.25) is 0 Å².